The van der Waals surface area contributed by atoms with Crippen molar-refractivity contribution in [3.63, 3.8) is 0 Å². The summed E-state index contributed by atoms with van der Waals surface area (Å²) in [5, 5.41) is 2.81. The Morgan fingerprint density at radius 1 is 1.33 bits per heavy atom. The van der Waals surface area contributed by atoms with E-state index in [2.05, 4.69) is 10.3 Å². The number of carbonyl (C=O) groups is 1. The second kappa shape index (κ2) is 5.66. The lowest BCUT2D eigenvalue weighted by Crippen LogP contribution is -2.22. The zero-order valence-electron chi connectivity index (χ0n) is 11.6. The van der Waals surface area contributed by atoms with Crippen LogP contribution in [0.2, 0.25) is 0 Å². The van der Waals surface area contributed by atoms with Crippen LogP contribution in [0, 0.1) is 0 Å². The number of furan rings is 1. The summed E-state index contributed by atoms with van der Waals surface area (Å²) in [6.07, 6.45) is 4.64. The number of nitrogens with one attached hydrogen (secondary N) is 1. The van der Waals surface area contributed by atoms with Crippen LogP contribution in [0.15, 0.2) is 53.2 Å². The van der Waals surface area contributed by atoms with E-state index in [9.17, 15) is 4.79 Å². The molecular formula is C16H15N3O2. The maximum atomic E-state index is 11.8. The first kappa shape index (κ1) is 13.2. The molecule has 1 N–H and O–H groups in total. The van der Waals surface area contributed by atoms with Crippen LogP contribution >= 0.6 is 0 Å². The number of nitrogens with zero attached hydrogens (tertiary/aromatic N) is 2. The van der Waals surface area contributed by atoms with Crippen molar-refractivity contribution in [1.82, 2.24) is 14.9 Å². The molecular weight excluding hydrogens is 266 g/mol. The molecule has 5 heteroatoms. The summed E-state index contributed by atoms with van der Waals surface area (Å²) in [6, 6.07) is 11.4. The molecule has 0 saturated heterocycles. The lowest BCUT2D eigenvalue weighted by molar-refractivity contribution is -0.116. The molecule has 2 aromatic heterocycles. The van der Waals surface area contributed by atoms with Crippen molar-refractivity contribution in [2.45, 2.75) is 6.54 Å². The summed E-state index contributed by atoms with van der Waals surface area (Å²) in [5.74, 6) is 1.28. The average Bonchev–Trinajstić information content (AvgIpc) is 3.12. The first-order valence-corrected chi connectivity index (χ1v) is 6.64. The number of benzene rings is 1. The molecule has 0 aliphatic rings. The van der Waals surface area contributed by atoms with Gasteiger partial charge in [-0.25, -0.2) is 4.98 Å². The first-order chi connectivity index (χ1) is 10.2. The van der Waals surface area contributed by atoms with E-state index in [-0.39, 0.29) is 5.91 Å². The Hall–Kier alpha value is -2.82. The molecule has 3 rings (SSSR count). The van der Waals surface area contributed by atoms with E-state index in [1.54, 1.807) is 24.5 Å². The standard InChI is InChI=1S/C16H15N3O2/c1-19-14-7-3-2-6-13(14)18-15(19)11-17-16(20)9-8-12-5-4-10-21-12/h2-10H,11H2,1H3,(H,17,20)/b9-8+. The molecule has 0 radical (unpaired) electrons. The molecule has 1 aromatic carbocycles. The fourth-order valence-electron chi connectivity index (χ4n) is 2.12. The number of amides is 1. The minimum absolute atomic E-state index is 0.182. The number of carbonyl (C=O) groups excluding carboxylic acids is 1. The van der Waals surface area contributed by atoms with Gasteiger partial charge in [-0.1, -0.05) is 12.1 Å². The highest BCUT2D eigenvalue weighted by atomic mass is 16.3. The summed E-state index contributed by atoms with van der Waals surface area (Å²) in [5.41, 5.74) is 1.98. The number of aryl methyl sites for hydroxylation is 1. The molecule has 0 aliphatic carbocycles. The van der Waals surface area contributed by atoms with Gasteiger partial charge in [-0.2, -0.15) is 0 Å². The predicted molar refractivity (Wildman–Crippen MR) is 80.3 cm³/mol. The molecule has 106 valence electrons. The third kappa shape index (κ3) is 2.86. The van der Waals surface area contributed by atoms with Gasteiger partial charge in [0.25, 0.3) is 0 Å². The topological polar surface area (TPSA) is 60.1 Å². The zero-order chi connectivity index (χ0) is 14.7. The minimum atomic E-state index is -0.182. The number of aromatic nitrogens is 2. The van der Waals surface area contributed by atoms with E-state index in [0.29, 0.717) is 12.3 Å². The summed E-state index contributed by atoms with van der Waals surface area (Å²) < 4.78 is 7.10. The van der Waals surface area contributed by atoms with Crippen molar-refractivity contribution in [3.8, 4) is 0 Å². The second-order valence-electron chi connectivity index (χ2n) is 4.64. The lowest BCUT2D eigenvalue weighted by atomic mass is 10.3. The zero-order valence-corrected chi connectivity index (χ0v) is 11.6. The second-order valence-corrected chi connectivity index (χ2v) is 4.64. The van der Waals surface area contributed by atoms with Gasteiger partial charge in [-0.3, -0.25) is 4.79 Å². The van der Waals surface area contributed by atoms with Gasteiger partial charge in [0.2, 0.25) is 5.91 Å². The highest BCUT2D eigenvalue weighted by Crippen LogP contribution is 2.13. The molecule has 21 heavy (non-hydrogen) atoms. The number of fused-ring (bicyclic) bond motifs is 1. The predicted octanol–water partition coefficient (Wildman–Crippen LogP) is 2.50. The molecule has 0 bridgehead atoms. The first-order valence-electron chi connectivity index (χ1n) is 6.64. The normalized spacial score (nSPS) is 11.3. The van der Waals surface area contributed by atoms with Crippen molar-refractivity contribution in [2.24, 2.45) is 7.05 Å². The highest BCUT2D eigenvalue weighted by Gasteiger charge is 2.07. The van der Waals surface area contributed by atoms with Crippen LogP contribution < -0.4 is 5.32 Å². The van der Waals surface area contributed by atoms with Crippen LogP contribution in [0.1, 0.15) is 11.6 Å². The number of hydrogen-bond donors (Lipinski definition) is 1. The van der Waals surface area contributed by atoms with Gasteiger partial charge >= 0.3 is 0 Å². The number of hydrogen-bond acceptors (Lipinski definition) is 3. The lowest BCUT2D eigenvalue weighted by Gasteiger charge is -2.02. The summed E-state index contributed by atoms with van der Waals surface area (Å²) in [7, 11) is 1.94. The van der Waals surface area contributed by atoms with Crippen molar-refractivity contribution in [3.05, 3.63) is 60.3 Å². The van der Waals surface area contributed by atoms with E-state index in [0.717, 1.165) is 16.9 Å². The monoisotopic (exact) mass is 281 g/mol. The smallest absolute Gasteiger partial charge is 0.244 e. The third-order valence-electron chi connectivity index (χ3n) is 3.24. The molecule has 2 heterocycles. The Balaban J connectivity index is 1.66. The van der Waals surface area contributed by atoms with Gasteiger partial charge < -0.3 is 14.3 Å². The average molecular weight is 281 g/mol. The van der Waals surface area contributed by atoms with Gasteiger partial charge in [0.15, 0.2) is 0 Å². The fourth-order valence-corrected chi connectivity index (χ4v) is 2.12. The van der Waals surface area contributed by atoms with Crippen LogP contribution in [0.4, 0.5) is 0 Å². The summed E-state index contributed by atoms with van der Waals surface area (Å²) in [4.78, 5) is 16.3. The van der Waals surface area contributed by atoms with Crippen molar-refractivity contribution in [2.75, 3.05) is 0 Å². The molecule has 0 fully saturated rings. The van der Waals surface area contributed by atoms with Crippen LogP contribution in [0.25, 0.3) is 17.1 Å². The van der Waals surface area contributed by atoms with Crippen molar-refractivity contribution < 1.29 is 9.21 Å². The van der Waals surface area contributed by atoms with Gasteiger partial charge in [0.1, 0.15) is 11.6 Å². The Morgan fingerprint density at radius 2 is 2.19 bits per heavy atom. The minimum Gasteiger partial charge on any atom is -0.465 e. The number of para-hydroxylation sites is 2. The molecule has 0 spiro atoms. The highest BCUT2D eigenvalue weighted by molar-refractivity contribution is 5.91. The maximum absolute atomic E-state index is 11.8. The molecule has 0 aliphatic heterocycles. The van der Waals surface area contributed by atoms with Crippen LogP contribution in [-0.2, 0) is 18.4 Å². The number of imidazole rings is 1. The van der Waals surface area contributed by atoms with Crippen LogP contribution in [-0.4, -0.2) is 15.5 Å². The number of rotatable bonds is 4. The van der Waals surface area contributed by atoms with Crippen LogP contribution in [0.3, 0.4) is 0 Å². The summed E-state index contributed by atoms with van der Waals surface area (Å²) in [6.45, 7) is 0.381. The fraction of sp³-hybridized carbons (Fsp3) is 0.125. The third-order valence-corrected chi connectivity index (χ3v) is 3.24. The van der Waals surface area contributed by atoms with E-state index in [4.69, 9.17) is 4.42 Å². The van der Waals surface area contributed by atoms with Crippen molar-refractivity contribution >= 4 is 23.0 Å². The Morgan fingerprint density at radius 3 is 2.95 bits per heavy atom. The molecule has 0 atom stereocenters. The molecule has 1 amide bonds. The molecule has 0 unspecified atom stereocenters. The van der Waals surface area contributed by atoms with Gasteiger partial charge in [0, 0.05) is 13.1 Å². The molecule has 0 saturated carbocycles. The van der Waals surface area contributed by atoms with E-state index < -0.39 is 0 Å². The van der Waals surface area contributed by atoms with Crippen LogP contribution in [0.5, 0.6) is 0 Å². The quantitative estimate of drug-likeness (QED) is 0.747. The summed E-state index contributed by atoms with van der Waals surface area (Å²) >= 11 is 0. The van der Waals surface area contributed by atoms with Gasteiger partial charge in [-0.05, 0) is 30.3 Å². The largest absolute Gasteiger partial charge is 0.465 e. The van der Waals surface area contributed by atoms with E-state index >= 15 is 0 Å². The van der Waals surface area contributed by atoms with E-state index in [1.807, 2.05) is 35.9 Å². The Labute approximate surface area is 121 Å². The molecule has 3 aromatic rings. The van der Waals surface area contributed by atoms with Gasteiger partial charge in [-0.15, -0.1) is 0 Å². The maximum Gasteiger partial charge on any atom is 0.244 e. The molecule has 5 nitrogen and oxygen atoms in total. The van der Waals surface area contributed by atoms with E-state index in [1.165, 1.54) is 6.08 Å². The Bertz CT molecular complexity index is 785. The SMILES string of the molecule is Cn1c(CNC(=O)/C=C/c2ccco2)nc2ccccc21. The van der Waals surface area contributed by atoms with Gasteiger partial charge in [0.05, 0.1) is 23.8 Å². The van der Waals surface area contributed by atoms with Crippen molar-refractivity contribution in [1.29, 1.82) is 0 Å². The Kier molecular flexibility index (Phi) is 3.55.